The number of nitrogens with zero attached hydrogens (tertiary/aromatic N) is 1. The molecule has 1 heterocycles. The summed E-state index contributed by atoms with van der Waals surface area (Å²) < 4.78 is 16.5. The number of hydrogen-bond donors (Lipinski definition) is 2. The van der Waals surface area contributed by atoms with Crippen molar-refractivity contribution in [2.24, 2.45) is 5.92 Å². The molecule has 0 aliphatic carbocycles. The Bertz CT molecular complexity index is 944. The number of nitrogens with one attached hydrogen (secondary N) is 2. The van der Waals surface area contributed by atoms with Crippen LogP contribution in [0.2, 0.25) is 0 Å². The topological polar surface area (TPSA) is 89.1 Å². The van der Waals surface area contributed by atoms with Crippen LogP contribution < -0.4 is 20.1 Å². The number of amides is 2. The summed E-state index contributed by atoms with van der Waals surface area (Å²) in [6, 6.07) is 14.0. The zero-order valence-corrected chi connectivity index (χ0v) is 20.2. The molecule has 8 heteroatoms. The predicted molar refractivity (Wildman–Crippen MR) is 130 cm³/mol. The van der Waals surface area contributed by atoms with Crippen molar-refractivity contribution in [3.05, 3.63) is 59.7 Å². The van der Waals surface area contributed by atoms with Crippen LogP contribution in [0.1, 0.15) is 29.8 Å². The van der Waals surface area contributed by atoms with E-state index in [0.717, 1.165) is 44.2 Å². The normalized spacial score (nSPS) is 14.9. The summed E-state index contributed by atoms with van der Waals surface area (Å²) in [4.78, 5) is 28.0. The Hall–Kier alpha value is -3.10. The van der Waals surface area contributed by atoms with Crippen LogP contribution in [0, 0.1) is 5.92 Å². The molecule has 34 heavy (non-hydrogen) atoms. The van der Waals surface area contributed by atoms with Crippen LogP contribution in [0.15, 0.2) is 48.5 Å². The van der Waals surface area contributed by atoms with Crippen LogP contribution in [-0.4, -0.2) is 69.3 Å². The van der Waals surface area contributed by atoms with Gasteiger partial charge in [0.25, 0.3) is 5.91 Å². The summed E-state index contributed by atoms with van der Waals surface area (Å²) in [6.07, 6.45) is 0. The highest BCUT2D eigenvalue weighted by molar-refractivity contribution is 5.99. The average molecular weight is 470 g/mol. The van der Waals surface area contributed by atoms with Crippen LogP contribution >= 0.6 is 0 Å². The minimum absolute atomic E-state index is 0.0893. The van der Waals surface area contributed by atoms with Gasteiger partial charge in [-0.25, -0.2) is 0 Å². The van der Waals surface area contributed by atoms with Crippen LogP contribution in [0.3, 0.4) is 0 Å². The Labute approximate surface area is 201 Å². The van der Waals surface area contributed by atoms with E-state index in [-0.39, 0.29) is 17.7 Å². The molecule has 1 aliphatic rings. The second kappa shape index (κ2) is 13.0. The second-order valence-electron chi connectivity index (χ2n) is 8.56. The van der Waals surface area contributed by atoms with E-state index in [1.165, 1.54) is 7.11 Å². The van der Waals surface area contributed by atoms with Gasteiger partial charge in [0.05, 0.1) is 25.9 Å². The molecular weight excluding hydrogens is 434 g/mol. The van der Waals surface area contributed by atoms with Gasteiger partial charge < -0.3 is 24.8 Å². The van der Waals surface area contributed by atoms with E-state index in [1.54, 1.807) is 24.3 Å². The number of morpholine rings is 1. The molecule has 0 bridgehead atoms. The van der Waals surface area contributed by atoms with Gasteiger partial charge in [-0.05, 0) is 35.7 Å². The average Bonchev–Trinajstić information content (AvgIpc) is 2.86. The van der Waals surface area contributed by atoms with Gasteiger partial charge in [0.1, 0.15) is 24.1 Å². The number of benzene rings is 2. The van der Waals surface area contributed by atoms with E-state index < -0.39 is 6.04 Å². The van der Waals surface area contributed by atoms with Crippen LogP contribution in [0.25, 0.3) is 0 Å². The van der Waals surface area contributed by atoms with Crippen molar-refractivity contribution < 1.29 is 23.8 Å². The van der Waals surface area contributed by atoms with Crippen LogP contribution in [-0.2, 0) is 16.1 Å². The van der Waals surface area contributed by atoms with Crippen molar-refractivity contribution in [1.82, 2.24) is 15.5 Å². The molecule has 1 unspecified atom stereocenters. The molecule has 2 aromatic rings. The fourth-order valence-corrected chi connectivity index (χ4v) is 3.75. The van der Waals surface area contributed by atoms with Crippen molar-refractivity contribution in [2.75, 3.05) is 46.6 Å². The maximum absolute atomic E-state index is 12.9. The molecule has 1 saturated heterocycles. The Morgan fingerprint density at radius 1 is 1.09 bits per heavy atom. The fourth-order valence-electron chi connectivity index (χ4n) is 3.75. The Morgan fingerprint density at radius 3 is 2.59 bits per heavy atom. The van der Waals surface area contributed by atoms with Gasteiger partial charge in [0, 0.05) is 26.2 Å². The molecule has 1 atom stereocenters. The van der Waals surface area contributed by atoms with Gasteiger partial charge in [0.15, 0.2) is 0 Å². The van der Waals surface area contributed by atoms with Gasteiger partial charge in [-0.15, -0.1) is 0 Å². The summed E-state index contributed by atoms with van der Waals surface area (Å²) in [5.41, 5.74) is 1.32. The van der Waals surface area contributed by atoms with Crippen molar-refractivity contribution >= 4 is 11.8 Å². The fraction of sp³-hybridized carbons (Fsp3) is 0.462. The van der Waals surface area contributed by atoms with Crippen molar-refractivity contribution in [3.8, 4) is 11.5 Å². The SMILES string of the molecule is COc1ccccc1C(=O)NC(C(=O)NCc1cccc(OCCN2CCOCC2)c1)C(C)C. The molecule has 8 nitrogen and oxygen atoms in total. The number of methoxy groups -OCH3 is 1. The number of ether oxygens (including phenoxy) is 3. The van der Waals surface area contributed by atoms with E-state index >= 15 is 0 Å². The van der Waals surface area contributed by atoms with Crippen molar-refractivity contribution in [2.45, 2.75) is 26.4 Å². The van der Waals surface area contributed by atoms with E-state index in [4.69, 9.17) is 14.2 Å². The molecule has 2 N–H and O–H groups in total. The summed E-state index contributed by atoms with van der Waals surface area (Å²) in [5, 5.41) is 5.78. The smallest absolute Gasteiger partial charge is 0.255 e. The molecule has 3 rings (SSSR count). The lowest BCUT2D eigenvalue weighted by molar-refractivity contribution is -0.124. The molecular formula is C26H35N3O5. The van der Waals surface area contributed by atoms with E-state index in [9.17, 15) is 9.59 Å². The van der Waals surface area contributed by atoms with Crippen LogP contribution in [0.4, 0.5) is 0 Å². The largest absolute Gasteiger partial charge is 0.496 e. The third kappa shape index (κ3) is 7.46. The van der Waals surface area contributed by atoms with E-state index in [2.05, 4.69) is 15.5 Å². The lowest BCUT2D eigenvalue weighted by Gasteiger charge is -2.26. The summed E-state index contributed by atoms with van der Waals surface area (Å²) in [6.45, 7) is 8.99. The first-order valence-electron chi connectivity index (χ1n) is 11.7. The molecule has 0 aromatic heterocycles. The molecule has 0 spiro atoms. The van der Waals surface area contributed by atoms with Gasteiger partial charge in [0.2, 0.25) is 5.91 Å². The standard InChI is InChI=1S/C26H35N3O5/c1-19(2)24(28-25(30)22-9-4-5-10-23(22)32-3)26(31)27-18-20-7-6-8-21(17-20)34-16-13-29-11-14-33-15-12-29/h4-10,17,19,24H,11-16,18H2,1-3H3,(H,27,31)(H,28,30). The molecule has 0 saturated carbocycles. The number of rotatable bonds is 11. The Morgan fingerprint density at radius 2 is 1.85 bits per heavy atom. The molecule has 0 radical (unpaired) electrons. The lowest BCUT2D eigenvalue weighted by atomic mass is 10.0. The third-order valence-corrected chi connectivity index (χ3v) is 5.73. The van der Waals surface area contributed by atoms with E-state index in [1.807, 2.05) is 38.1 Å². The van der Waals surface area contributed by atoms with Crippen molar-refractivity contribution in [1.29, 1.82) is 0 Å². The summed E-state index contributed by atoms with van der Waals surface area (Å²) >= 11 is 0. The number of carbonyl (C=O) groups excluding carboxylic acids is 2. The zero-order valence-electron chi connectivity index (χ0n) is 20.2. The molecule has 2 aromatic carbocycles. The number of para-hydroxylation sites is 1. The second-order valence-corrected chi connectivity index (χ2v) is 8.56. The molecule has 184 valence electrons. The predicted octanol–water partition coefficient (Wildman–Crippen LogP) is 2.48. The third-order valence-electron chi connectivity index (χ3n) is 5.73. The minimum Gasteiger partial charge on any atom is -0.496 e. The van der Waals surface area contributed by atoms with Gasteiger partial charge in [-0.1, -0.05) is 38.1 Å². The first-order valence-corrected chi connectivity index (χ1v) is 11.7. The maximum atomic E-state index is 12.9. The first-order chi connectivity index (χ1) is 16.5. The Balaban J connectivity index is 1.52. The molecule has 2 amide bonds. The highest BCUT2D eigenvalue weighted by Crippen LogP contribution is 2.18. The minimum atomic E-state index is -0.676. The number of carbonyl (C=O) groups is 2. The summed E-state index contributed by atoms with van der Waals surface area (Å²) in [7, 11) is 1.51. The van der Waals surface area contributed by atoms with Gasteiger partial charge in [-0.2, -0.15) is 0 Å². The van der Waals surface area contributed by atoms with Crippen molar-refractivity contribution in [3.63, 3.8) is 0 Å². The van der Waals surface area contributed by atoms with Gasteiger partial charge >= 0.3 is 0 Å². The first kappa shape index (κ1) is 25.5. The Kier molecular flexibility index (Phi) is 9.73. The molecule has 1 fully saturated rings. The number of hydrogen-bond acceptors (Lipinski definition) is 6. The zero-order chi connectivity index (χ0) is 24.3. The highest BCUT2D eigenvalue weighted by atomic mass is 16.5. The highest BCUT2D eigenvalue weighted by Gasteiger charge is 2.25. The molecule has 1 aliphatic heterocycles. The maximum Gasteiger partial charge on any atom is 0.255 e. The monoisotopic (exact) mass is 469 g/mol. The quantitative estimate of drug-likeness (QED) is 0.526. The summed E-state index contributed by atoms with van der Waals surface area (Å²) in [5.74, 6) is 0.561. The lowest BCUT2D eigenvalue weighted by Crippen LogP contribution is -2.49. The van der Waals surface area contributed by atoms with Gasteiger partial charge in [-0.3, -0.25) is 14.5 Å². The van der Waals surface area contributed by atoms with E-state index in [0.29, 0.717) is 24.5 Å². The van der Waals surface area contributed by atoms with Crippen LogP contribution in [0.5, 0.6) is 11.5 Å².